The molecular weight excluding hydrogens is 392 g/mol. The molecule has 0 aliphatic carbocycles. The van der Waals surface area contributed by atoms with E-state index in [2.05, 4.69) is 25.7 Å². The molecule has 0 saturated carbocycles. The minimum absolute atomic E-state index is 0.494. The molecule has 2 heterocycles. The number of aryl methyl sites for hydroxylation is 2. The number of benzene rings is 1. The van der Waals surface area contributed by atoms with Gasteiger partial charge in [-0.3, -0.25) is 0 Å². The third-order valence-corrected chi connectivity index (χ3v) is 4.53. The van der Waals surface area contributed by atoms with Gasteiger partial charge in [0.15, 0.2) is 23.3 Å². The molecule has 164 valence electrons. The zero-order valence-electron chi connectivity index (χ0n) is 18.8. The molecule has 2 N–H and O–H groups in total. The highest BCUT2D eigenvalue weighted by Gasteiger charge is 2.08. The Hall–Kier alpha value is -3.55. The van der Waals surface area contributed by atoms with Crippen LogP contribution in [-0.4, -0.2) is 41.0 Å². The molecule has 0 aliphatic rings. The van der Waals surface area contributed by atoms with Crippen molar-refractivity contribution in [1.82, 2.24) is 20.1 Å². The van der Waals surface area contributed by atoms with Crippen LogP contribution in [0.4, 0.5) is 5.69 Å². The van der Waals surface area contributed by atoms with Crippen molar-refractivity contribution in [3.63, 3.8) is 0 Å². The van der Waals surface area contributed by atoms with Gasteiger partial charge in [0.2, 0.25) is 0 Å². The first-order valence-corrected chi connectivity index (χ1v) is 10.4. The highest BCUT2D eigenvalue weighted by Crippen LogP contribution is 2.30. The number of ether oxygens (including phenoxy) is 2. The molecule has 3 rings (SSSR count). The van der Waals surface area contributed by atoms with E-state index in [0.717, 1.165) is 35.0 Å². The lowest BCUT2D eigenvalue weighted by Gasteiger charge is -2.14. The maximum Gasteiger partial charge on any atom is 0.196 e. The monoisotopic (exact) mass is 422 g/mol. The SMILES string of the molecule is CCNC(=NCc1ccc(-n2nc(C)cc2C)nc1)Nc1ccc(OCC)c(OC)c1. The van der Waals surface area contributed by atoms with Crippen LogP contribution in [0, 0.1) is 13.8 Å². The number of aliphatic imine (C=N–C) groups is 1. The van der Waals surface area contributed by atoms with Crippen molar-refractivity contribution < 1.29 is 9.47 Å². The third-order valence-electron chi connectivity index (χ3n) is 4.53. The fraction of sp³-hybridized carbons (Fsp3) is 0.348. The highest BCUT2D eigenvalue weighted by atomic mass is 16.5. The van der Waals surface area contributed by atoms with Crippen molar-refractivity contribution in [2.24, 2.45) is 4.99 Å². The molecule has 0 bridgehead atoms. The van der Waals surface area contributed by atoms with Crippen LogP contribution in [0.1, 0.15) is 30.8 Å². The lowest BCUT2D eigenvalue weighted by atomic mass is 10.2. The normalized spacial score (nSPS) is 11.3. The predicted molar refractivity (Wildman–Crippen MR) is 123 cm³/mol. The van der Waals surface area contributed by atoms with E-state index in [1.165, 1.54) is 0 Å². The molecular formula is C23H30N6O2. The number of pyridine rings is 1. The Balaban J connectivity index is 1.71. The van der Waals surface area contributed by atoms with Crippen molar-refractivity contribution in [3.05, 3.63) is 59.5 Å². The number of anilines is 1. The lowest BCUT2D eigenvalue weighted by Crippen LogP contribution is -2.30. The summed E-state index contributed by atoms with van der Waals surface area (Å²) in [6.45, 7) is 9.79. The van der Waals surface area contributed by atoms with Crippen molar-refractivity contribution >= 4 is 11.6 Å². The van der Waals surface area contributed by atoms with Gasteiger partial charge in [-0.1, -0.05) is 6.07 Å². The zero-order chi connectivity index (χ0) is 22.2. The van der Waals surface area contributed by atoms with Crippen LogP contribution in [0.3, 0.4) is 0 Å². The molecule has 0 spiro atoms. The number of aromatic nitrogens is 3. The third kappa shape index (κ3) is 5.75. The molecule has 0 fully saturated rings. The predicted octanol–water partition coefficient (Wildman–Crippen LogP) is 3.87. The van der Waals surface area contributed by atoms with Crippen molar-refractivity contribution in [1.29, 1.82) is 0 Å². The average molecular weight is 423 g/mol. The van der Waals surface area contributed by atoms with Gasteiger partial charge in [0, 0.05) is 30.2 Å². The molecule has 0 radical (unpaired) electrons. The van der Waals surface area contributed by atoms with Crippen molar-refractivity contribution in [2.75, 3.05) is 25.6 Å². The summed E-state index contributed by atoms with van der Waals surface area (Å²) in [5.41, 5.74) is 3.89. The molecule has 0 atom stereocenters. The number of methoxy groups -OCH3 is 1. The molecule has 0 unspecified atom stereocenters. The molecule has 31 heavy (non-hydrogen) atoms. The van der Waals surface area contributed by atoms with E-state index in [9.17, 15) is 0 Å². The number of rotatable bonds is 8. The Morgan fingerprint density at radius 3 is 2.55 bits per heavy atom. The van der Waals surface area contributed by atoms with E-state index >= 15 is 0 Å². The van der Waals surface area contributed by atoms with E-state index in [1.807, 2.05) is 75.0 Å². The van der Waals surface area contributed by atoms with Gasteiger partial charge < -0.3 is 20.1 Å². The Labute approximate surface area is 183 Å². The van der Waals surface area contributed by atoms with E-state index in [-0.39, 0.29) is 0 Å². The smallest absolute Gasteiger partial charge is 0.196 e. The molecule has 8 nitrogen and oxygen atoms in total. The van der Waals surface area contributed by atoms with Gasteiger partial charge in [-0.05, 0) is 57.5 Å². The van der Waals surface area contributed by atoms with E-state index in [1.54, 1.807) is 7.11 Å². The second-order valence-corrected chi connectivity index (χ2v) is 6.98. The number of hydrogen-bond donors (Lipinski definition) is 2. The number of guanidine groups is 1. The Bertz CT molecular complexity index is 1030. The van der Waals surface area contributed by atoms with Gasteiger partial charge in [-0.25, -0.2) is 14.7 Å². The van der Waals surface area contributed by atoms with E-state index < -0.39 is 0 Å². The standard InChI is InChI=1S/C23H30N6O2/c1-6-24-23(27-19-9-10-20(31-7-2)21(13-19)30-5)26-15-18-8-11-22(25-14-18)29-17(4)12-16(3)28-29/h8-14H,6-7,15H2,1-5H3,(H2,24,26,27). The van der Waals surface area contributed by atoms with Crippen LogP contribution < -0.4 is 20.1 Å². The van der Waals surface area contributed by atoms with Gasteiger partial charge in [-0.2, -0.15) is 5.10 Å². The van der Waals surface area contributed by atoms with Crippen LogP contribution in [-0.2, 0) is 6.54 Å². The first kappa shape index (κ1) is 22.1. The molecule has 0 saturated heterocycles. The Kier molecular flexibility index (Phi) is 7.48. The second kappa shape index (κ2) is 10.5. The Morgan fingerprint density at radius 1 is 1.10 bits per heavy atom. The molecule has 1 aromatic carbocycles. The van der Waals surface area contributed by atoms with Crippen molar-refractivity contribution in [3.8, 4) is 17.3 Å². The fourth-order valence-corrected chi connectivity index (χ4v) is 3.13. The van der Waals surface area contributed by atoms with Crippen LogP contribution >= 0.6 is 0 Å². The van der Waals surface area contributed by atoms with Crippen molar-refractivity contribution in [2.45, 2.75) is 34.2 Å². The minimum Gasteiger partial charge on any atom is -0.493 e. The van der Waals surface area contributed by atoms with Gasteiger partial charge in [-0.15, -0.1) is 0 Å². The molecule has 0 amide bonds. The fourth-order valence-electron chi connectivity index (χ4n) is 3.13. The zero-order valence-corrected chi connectivity index (χ0v) is 18.8. The highest BCUT2D eigenvalue weighted by molar-refractivity contribution is 5.93. The van der Waals surface area contributed by atoms with E-state index in [0.29, 0.717) is 30.6 Å². The molecule has 3 aromatic rings. The molecule has 8 heteroatoms. The maximum atomic E-state index is 5.58. The number of nitrogens with zero attached hydrogens (tertiary/aromatic N) is 4. The van der Waals surface area contributed by atoms with Crippen LogP contribution in [0.5, 0.6) is 11.5 Å². The van der Waals surface area contributed by atoms with E-state index in [4.69, 9.17) is 9.47 Å². The van der Waals surface area contributed by atoms with Gasteiger partial charge >= 0.3 is 0 Å². The summed E-state index contributed by atoms with van der Waals surface area (Å²) in [7, 11) is 1.63. The topological polar surface area (TPSA) is 85.6 Å². The largest absolute Gasteiger partial charge is 0.493 e. The summed E-state index contributed by atoms with van der Waals surface area (Å²) in [4.78, 5) is 9.22. The summed E-state index contributed by atoms with van der Waals surface area (Å²) < 4.78 is 12.8. The number of nitrogens with one attached hydrogen (secondary N) is 2. The summed E-state index contributed by atoms with van der Waals surface area (Å²) in [6.07, 6.45) is 1.83. The summed E-state index contributed by atoms with van der Waals surface area (Å²) in [5.74, 6) is 2.86. The minimum atomic E-state index is 0.494. The number of hydrogen-bond acceptors (Lipinski definition) is 5. The quantitative estimate of drug-likeness (QED) is 0.423. The lowest BCUT2D eigenvalue weighted by molar-refractivity contribution is 0.311. The van der Waals surface area contributed by atoms with Gasteiger partial charge in [0.1, 0.15) is 0 Å². The average Bonchev–Trinajstić information content (AvgIpc) is 3.11. The molecule has 0 aliphatic heterocycles. The Morgan fingerprint density at radius 2 is 1.94 bits per heavy atom. The molecule has 2 aromatic heterocycles. The first-order chi connectivity index (χ1) is 15.0. The second-order valence-electron chi connectivity index (χ2n) is 6.98. The maximum absolute atomic E-state index is 5.58. The van der Waals surface area contributed by atoms with Crippen LogP contribution in [0.25, 0.3) is 5.82 Å². The summed E-state index contributed by atoms with van der Waals surface area (Å²) in [5, 5.41) is 11.0. The van der Waals surface area contributed by atoms with Gasteiger partial charge in [0.05, 0.1) is 26.0 Å². The summed E-state index contributed by atoms with van der Waals surface area (Å²) >= 11 is 0. The first-order valence-electron chi connectivity index (χ1n) is 10.4. The van der Waals surface area contributed by atoms with Gasteiger partial charge in [0.25, 0.3) is 0 Å². The van der Waals surface area contributed by atoms with Crippen LogP contribution in [0.15, 0.2) is 47.6 Å². The summed E-state index contributed by atoms with van der Waals surface area (Å²) in [6, 6.07) is 11.7. The van der Waals surface area contributed by atoms with Crippen LogP contribution in [0.2, 0.25) is 0 Å².